The van der Waals surface area contributed by atoms with Gasteiger partial charge in [-0.25, -0.2) is 9.69 Å². The van der Waals surface area contributed by atoms with Gasteiger partial charge < -0.3 is 4.42 Å². The molecule has 6 heteroatoms. The van der Waals surface area contributed by atoms with Gasteiger partial charge >= 0.3 is 0 Å². The molecule has 4 rings (SSSR count). The number of fused-ring (bicyclic) bond motifs is 1. The smallest absolute Gasteiger partial charge is 0.258 e. The molecule has 2 heterocycles. The van der Waals surface area contributed by atoms with Crippen LogP contribution >= 0.6 is 0 Å². The number of carbonyl (C=O) groups is 1. The lowest BCUT2D eigenvalue weighted by Crippen LogP contribution is -2.34. The molecular weight excluding hydrogens is 352 g/mol. The summed E-state index contributed by atoms with van der Waals surface area (Å²) in [6.45, 7) is 0. The molecule has 0 fully saturated rings. The number of amides is 1. The number of para-hydroxylation sites is 2. The molecular formula is C22H20N4O2. The van der Waals surface area contributed by atoms with Crippen molar-refractivity contribution >= 4 is 23.0 Å². The molecule has 2 aromatic heterocycles. The van der Waals surface area contributed by atoms with Crippen LogP contribution in [0.1, 0.15) is 5.56 Å². The van der Waals surface area contributed by atoms with Crippen molar-refractivity contribution < 1.29 is 9.21 Å². The Hall–Kier alpha value is -3.64. The van der Waals surface area contributed by atoms with Crippen molar-refractivity contribution in [2.45, 2.75) is 0 Å². The van der Waals surface area contributed by atoms with Crippen molar-refractivity contribution in [3.05, 3.63) is 78.5 Å². The second-order valence-electron chi connectivity index (χ2n) is 6.57. The van der Waals surface area contributed by atoms with Gasteiger partial charge in [-0.15, -0.1) is 0 Å². The lowest BCUT2D eigenvalue weighted by Gasteiger charge is -2.08. The van der Waals surface area contributed by atoms with Crippen LogP contribution in [0, 0.1) is 0 Å². The number of hydrazine groups is 1. The molecule has 0 aliphatic heterocycles. The van der Waals surface area contributed by atoms with E-state index in [1.165, 1.54) is 6.08 Å². The van der Waals surface area contributed by atoms with Crippen LogP contribution in [0.2, 0.25) is 0 Å². The van der Waals surface area contributed by atoms with Gasteiger partial charge in [0.05, 0.1) is 5.69 Å². The van der Waals surface area contributed by atoms with Gasteiger partial charge in [-0.3, -0.25) is 10.2 Å². The van der Waals surface area contributed by atoms with Crippen molar-refractivity contribution in [1.82, 2.24) is 20.2 Å². The highest BCUT2D eigenvalue weighted by Gasteiger charge is 2.15. The first-order valence-electron chi connectivity index (χ1n) is 8.90. The van der Waals surface area contributed by atoms with E-state index >= 15 is 0 Å². The molecule has 0 unspecified atom stereocenters. The summed E-state index contributed by atoms with van der Waals surface area (Å²) >= 11 is 0. The predicted octanol–water partition coefficient (Wildman–Crippen LogP) is 3.89. The molecule has 0 aliphatic carbocycles. The Kier molecular flexibility index (Phi) is 4.78. The Labute approximate surface area is 162 Å². The van der Waals surface area contributed by atoms with Gasteiger partial charge in [-0.05, 0) is 30.3 Å². The van der Waals surface area contributed by atoms with E-state index in [-0.39, 0.29) is 5.91 Å². The molecule has 1 N–H and O–H groups in total. The van der Waals surface area contributed by atoms with E-state index in [0.29, 0.717) is 11.5 Å². The lowest BCUT2D eigenvalue weighted by atomic mass is 10.2. The highest BCUT2D eigenvalue weighted by molar-refractivity contribution is 5.92. The summed E-state index contributed by atoms with van der Waals surface area (Å²) in [4.78, 5) is 12.0. The second-order valence-corrected chi connectivity index (χ2v) is 6.57. The molecule has 1 amide bonds. The maximum Gasteiger partial charge on any atom is 0.258 e. The van der Waals surface area contributed by atoms with Gasteiger partial charge in [0.15, 0.2) is 5.76 Å². The molecule has 0 bridgehead atoms. The van der Waals surface area contributed by atoms with E-state index in [1.54, 1.807) is 29.9 Å². The van der Waals surface area contributed by atoms with Crippen LogP contribution in [0.15, 0.2) is 77.4 Å². The monoisotopic (exact) mass is 372 g/mol. The van der Waals surface area contributed by atoms with Crippen molar-refractivity contribution in [3.8, 4) is 17.1 Å². The number of rotatable bonds is 5. The summed E-state index contributed by atoms with van der Waals surface area (Å²) in [5.41, 5.74) is 5.88. The lowest BCUT2D eigenvalue weighted by molar-refractivity contribution is -0.119. The molecule has 0 spiro atoms. The Morgan fingerprint density at radius 3 is 2.61 bits per heavy atom. The summed E-state index contributed by atoms with van der Waals surface area (Å²) in [5.74, 6) is 0.441. The molecule has 0 saturated heterocycles. The minimum absolute atomic E-state index is 0.215. The first-order chi connectivity index (χ1) is 13.6. The first-order valence-corrected chi connectivity index (χ1v) is 8.90. The van der Waals surface area contributed by atoms with Crippen LogP contribution < -0.4 is 5.43 Å². The normalized spacial score (nSPS) is 11.5. The van der Waals surface area contributed by atoms with Crippen LogP contribution in [-0.2, 0) is 4.79 Å². The van der Waals surface area contributed by atoms with Gasteiger partial charge in [0, 0.05) is 37.3 Å². The standard InChI is InChI=1S/C22H20N4O2/c1-25(2)23-21(27)13-12-17-15-26(18-9-4-3-5-10-18)24-22(17)20-14-16-8-6-7-11-19(16)28-20/h3-15H,1-2H3,(H,23,27)/b13-12+. The molecule has 0 aliphatic rings. The van der Waals surface area contributed by atoms with E-state index in [4.69, 9.17) is 9.52 Å². The highest BCUT2D eigenvalue weighted by atomic mass is 16.3. The van der Waals surface area contributed by atoms with Crippen molar-refractivity contribution in [2.24, 2.45) is 0 Å². The van der Waals surface area contributed by atoms with Crippen molar-refractivity contribution in [1.29, 1.82) is 0 Å². The zero-order valence-corrected chi connectivity index (χ0v) is 15.7. The van der Waals surface area contributed by atoms with Gasteiger partial charge in [0.2, 0.25) is 0 Å². The van der Waals surface area contributed by atoms with Crippen LogP contribution in [0.3, 0.4) is 0 Å². The average molecular weight is 372 g/mol. The highest BCUT2D eigenvalue weighted by Crippen LogP contribution is 2.30. The molecule has 140 valence electrons. The molecule has 0 radical (unpaired) electrons. The zero-order chi connectivity index (χ0) is 19.5. The van der Waals surface area contributed by atoms with Gasteiger partial charge in [-0.1, -0.05) is 36.4 Å². The van der Waals surface area contributed by atoms with Crippen LogP contribution in [0.4, 0.5) is 0 Å². The number of benzene rings is 2. The van der Waals surface area contributed by atoms with E-state index in [9.17, 15) is 4.79 Å². The second kappa shape index (κ2) is 7.54. The summed E-state index contributed by atoms with van der Waals surface area (Å²) < 4.78 is 7.78. The Morgan fingerprint density at radius 2 is 1.86 bits per heavy atom. The number of hydrogen-bond donors (Lipinski definition) is 1. The number of hydrogen-bond acceptors (Lipinski definition) is 4. The van der Waals surface area contributed by atoms with E-state index in [0.717, 1.165) is 22.2 Å². The number of nitrogens with zero attached hydrogens (tertiary/aromatic N) is 3. The van der Waals surface area contributed by atoms with Gasteiger partial charge in [-0.2, -0.15) is 5.10 Å². The number of aromatic nitrogens is 2. The quantitative estimate of drug-likeness (QED) is 0.426. The van der Waals surface area contributed by atoms with Crippen molar-refractivity contribution in [2.75, 3.05) is 14.1 Å². The molecule has 6 nitrogen and oxygen atoms in total. The zero-order valence-electron chi connectivity index (χ0n) is 15.7. The number of nitrogens with one attached hydrogen (secondary N) is 1. The summed E-state index contributed by atoms with van der Waals surface area (Å²) in [6.07, 6.45) is 5.11. The van der Waals surface area contributed by atoms with Crippen molar-refractivity contribution in [3.63, 3.8) is 0 Å². The third-order valence-corrected chi connectivity index (χ3v) is 4.17. The summed E-state index contributed by atoms with van der Waals surface area (Å²) in [7, 11) is 3.53. The van der Waals surface area contributed by atoms with E-state index < -0.39 is 0 Å². The fourth-order valence-corrected chi connectivity index (χ4v) is 2.94. The third kappa shape index (κ3) is 3.72. The van der Waals surface area contributed by atoms with Crippen LogP contribution in [-0.4, -0.2) is 34.8 Å². The summed E-state index contributed by atoms with van der Waals surface area (Å²) in [5, 5.41) is 7.32. The Morgan fingerprint density at radius 1 is 1.11 bits per heavy atom. The maximum atomic E-state index is 12.0. The topological polar surface area (TPSA) is 63.3 Å². The first kappa shape index (κ1) is 17.8. The van der Waals surface area contributed by atoms with Gasteiger partial charge in [0.1, 0.15) is 11.3 Å². The van der Waals surface area contributed by atoms with Gasteiger partial charge in [0.25, 0.3) is 5.91 Å². The number of furan rings is 1. The van der Waals surface area contributed by atoms with E-state index in [2.05, 4.69) is 5.43 Å². The SMILES string of the molecule is CN(C)NC(=O)/C=C/c1cn(-c2ccccc2)nc1-c1cc2ccccc2o1. The fraction of sp³-hybridized carbons (Fsp3) is 0.0909. The predicted molar refractivity (Wildman–Crippen MR) is 110 cm³/mol. The Bertz CT molecular complexity index is 1110. The molecule has 0 saturated carbocycles. The molecule has 0 atom stereocenters. The number of carbonyl (C=O) groups excluding carboxylic acids is 1. The van der Waals surface area contributed by atoms with Crippen LogP contribution in [0.25, 0.3) is 34.2 Å². The molecule has 2 aromatic carbocycles. The average Bonchev–Trinajstić information content (AvgIpc) is 3.30. The maximum absolute atomic E-state index is 12.0. The fourth-order valence-electron chi connectivity index (χ4n) is 2.94. The molecule has 4 aromatic rings. The third-order valence-electron chi connectivity index (χ3n) is 4.17. The molecule has 28 heavy (non-hydrogen) atoms. The minimum atomic E-state index is -0.215. The Balaban J connectivity index is 1.77. The van der Waals surface area contributed by atoms with E-state index in [1.807, 2.05) is 66.9 Å². The minimum Gasteiger partial charge on any atom is -0.454 e. The summed E-state index contributed by atoms with van der Waals surface area (Å²) in [6, 6.07) is 19.6. The van der Waals surface area contributed by atoms with Crippen LogP contribution in [0.5, 0.6) is 0 Å². The largest absolute Gasteiger partial charge is 0.454 e.